The Morgan fingerprint density at radius 2 is 1.27 bits per heavy atom. The minimum absolute atomic E-state index is 0.187. The fourth-order valence-corrected chi connectivity index (χ4v) is 4.86. The zero-order valence-electron chi connectivity index (χ0n) is 20.4. The van der Waals surface area contributed by atoms with Gasteiger partial charge in [0.25, 0.3) is 11.1 Å². The minimum atomic E-state index is -0.530. The summed E-state index contributed by atoms with van der Waals surface area (Å²) in [5.74, 6) is 0. The summed E-state index contributed by atoms with van der Waals surface area (Å²) in [6, 6.07) is 28.0. The van der Waals surface area contributed by atoms with E-state index in [-0.39, 0.29) is 17.2 Å². The van der Waals surface area contributed by atoms with Crippen LogP contribution in [0.25, 0.3) is 22.4 Å². The monoisotopic (exact) mass is 490 g/mol. The van der Waals surface area contributed by atoms with Gasteiger partial charge in [-0.25, -0.2) is 13.9 Å². The molecule has 0 radical (unpaired) electrons. The van der Waals surface area contributed by atoms with Crippen molar-refractivity contribution in [2.24, 2.45) is 7.05 Å². The molecule has 6 rings (SSSR count). The van der Waals surface area contributed by atoms with Gasteiger partial charge in [-0.1, -0.05) is 66.7 Å². The third-order valence-electron chi connectivity index (χ3n) is 6.85. The van der Waals surface area contributed by atoms with E-state index in [9.17, 15) is 14.4 Å². The maximum absolute atomic E-state index is 14.2. The number of nitrogens with one attached hydrogen (secondary N) is 1. The van der Waals surface area contributed by atoms with E-state index in [0.29, 0.717) is 34.4 Å². The number of hydrogen-bond donors (Lipinski definition) is 1. The van der Waals surface area contributed by atoms with Gasteiger partial charge in [-0.15, -0.1) is 0 Å². The van der Waals surface area contributed by atoms with Crippen LogP contribution >= 0.6 is 0 Å². The van der Waals surface area contributed by atoms with Crippen LogP contribution < -0.4 is 22.1 Å². The van der Waals surface area contributed by atoms with Gasteiger partial charge in [0.15, 0.2) is 0 Å². The van der Waals surface area contributed by atoms with E-state index >= 15 is 0 Å². The fraction of sp³-hybridized carbons (Fsp3) is 0.167. The van der Waals surface area contributed by atoms with Gasteiger partial charge in [-0.2, -0.15) is 0 Å². The number of para-hydroxylation sites is 2. The van der Waals surface area contributed by atoms with Crippen molar-refractivity contribution in [2.75, 3.05) is 5.32 Å². The fourth-order valence-electron chi connectivity index (χ4n) is 4.86. The predicted molar refractivity (Wildman–Crippen MR) is 146 cm³/mol. The predicted octanol–water partition coefficient (Wildman–Crippen LogP) is 4.01. The molecule has 0 atom stereocenters. The Morgan fingerprint density at radius 1 is 0.730 bits per heavy atom. The quantitative estimate of drug-likeness (QED) is 0.390. The molecule has 0 spiro atoms. The first-order valence-corrected chi connectivity index (χ1v) is 12.4. The highest BCUT2D eigenvalue weighted by Gasteiger charge is 2.29. The number of pyridine rings is 1. The normalized spacial score (nSPS) is 13.1. The lowest BCUT2D eigenvalue weighted by molar-refractivity contribution is 0.777. The molecule has 184 valence electrons. The zero-order chi connectivity index (χ0) is 25.5. The number of nitrogens with zero attached hydrogens (tertiary/aromatic N) is 3. The molecule has 0 bridgehead atoms. The first kappa shape index (κ1) is 22.8. The van der Waals surface area contributed by atoms with Gasteiger partial charge in [-0.05, 0) is 42.7 Å². The van der Waals surface area contributed by atoms with Crippen molar-refractivity contribution in [3.05, 3.63) is 133 Å². The molecule has 0 amide bonds. The van der Waals surface area contributed by atoms with Crippen LogP contribution in [0.2, 0.25) is 0 Å². The van der Waals surface area contributed by atoms with Crippen molar-refractivity contribution in [1.29, 1.82) is 0 Å². The van der Waals surface area contributed by atoms with Crippen LogP contribution in [0.5, 0.6) is 0 Å². The van der Waals surface area contributed by atoms with Gasteiger partial charge in [0.2, 0.25) is 0 Å². The average molecular weight is 491 g/mol. The molecule has 1 aliphatic rings. The Morgan fingerprint density at radius 3 is 1.84 bits per heavy atom. The van der Waals surface area contributed by atoms with Crippen LogP contribution in [0.1, 0.15) is 24.0 Å². The smallest absolute Gasteiger partial charge is 0.341 e. The lowest BCUT2D eigenvalue weighted by atomic mass is 10.0. The van der Waals surface area contributed by atoms with Crippen LogP contribution in [-0.2, 0) is 13.5 Å². The molecule has 1 aliphatic carbocycles. The number of fused-ring (bicyclic) bond motifs is 1. The molecule has 1 N–H and O–H groups in total. The van der Waals surface area contributed by atoms with E-state index in [1.807, 2.05) is 54.6 Å². The van der Waals surface area contributed by atoms with Crippen LogP contribution in [0.4, 0.5) is 5.69 Å². The van der Waals surface area contributed by atoms with Crippen LogP contribution in [-0.4, -0.2) is 19.7 Å². The summed E-state index contributed by atoms with van der Waals surface area (Å²) in [6.07, 6.45) is 2.30. The van der Waals surface area contributed by atoms with E-state index < -0.39 is 11.2 Å². The highest BCUT2D eigenvalue weighted by molar-refractivity contribution is 5.92. The molecule has 5 aromatic rings. The van der Waals surface area contributed by atoms with Crippen molar-refractivity contribution in [3.8, 4) is 11.4 Å². The van der Waals surface area contributed by atoms with E-state index in [2.05, 4.69) is 5.32 Å². The topological polar surface area (TPSA) is 78.0 Å². The number of anilines is 1. The number of benzene rings is 3. The minimum Gasteiger partial charge on any atom is -0.381 e. The average Bonchev–Trinajstić information content (AvgIpc) is 3.75. The van der Waals surface area contributed by atoms with Gasteiger partial charge in [-0.3, -0.25) is 14.2 Å². The molecule has 0 saturated heterocycles. The Bertz CT molecular complexity index is 1780. The number of aromatic nitrogens is 3. The van der Waals surface area contributed by atoms with E-state index in [4.69, 9.17) is 0 Å². The van der Waals surface area contributed by atoms with Crippen molar-refractivity contribution in [3.63, 3.8) is 0 Å². The van der Waals surface area contributed by atoms with Crippen molar-refractivity contribution < 1.29 is 0 Å². The van der Waals surface area contributed by atoms with Crippen LogP contribution in [0, 0.1) is 0 Å². The standard InChI is InChI=1S/C30H26N4O3/c1-32-27-25(26(31-21-17-18-21)24(28(32)35)19-20-11-5-2-6-12-20)29(36)34(23-15-9-4-10-16-23)30(37)33(27)22-13-7-3-8-14-22/h2-16,21,31H,17-19H2,1H3. The van der Waals surface area contributed by atoms with Crippen molar-refractivity contribution in [2.45, 2.75) is 25.3 Å². The third kappa shape index (κ3) is 3.98. The number of hydrogen-bond acceptors (Lipinski definition) is 4. The molecule has 0 aliphatic heterocycles. The van der Waals surface area contributed by atoms with Crippen molar-refractivity contribution in [1.82, 2.24) is 13.7 Å². The Kier molecular flexibility index (Phi) is 5.60. The Balaban J connectivity index is 1.79. The maximum atomic E-state index is 14.2. The first-order chi connectivity index (χ1) is 18.0. The highest BCUT2D eigenvalue weighted by Crippen LogP contribution is 2.31. The summed E-state index contributed by atoms with van der Waals surface area (Å²) >= 11 is 0. The summed E-state index contributed by atoms with van der Waals surface area (Å²) in [5, 5.41) is 3.82. The van der Waals surface area contributed by atoms with Gasteiger partial charge in [0, 0.05) is 25.1 Å². The van der Waals surface area contributed by atoms with Gasteiger partial charge < -0.3 is 5.32 Å². The van der Waals surface area contributed by atoms with E-state index in [1.54, 1.807) is 43.4 Å². The third-order valence-corrected chi connectivity index (χ3v) is 6.85. The summed E-state index contributed by atoms with van der Waals surface area (Å²) < 4.78 is 4.11. The summed E-state index contributed by atoms with van der Waals surface area (Å²) in [4.78, 5) is 42.1. The number of rotatable bonds is 6. The molecule has 1 saturated carbocycles. The molecule has 2 heterocycles. The second-order valence-electron chi connectivity index (χ2n) is 9.43. The lowest BCUT2D eigenvalue weighted by Gasteiger charge is -2.21. The van der Waals surface area contributed by atoms with E-state index in [1.165, 1.54) is 13.7 Å². The molecular formula is C30H26N4O3. The largest absolute Gasteiger partial charge is 0.381 e. The molecule has 0 unspecified atom stereocenters. The maximum Gasteiger partial charge on any atom is 0.341 e. The van der Waals surface area contributed by atoms with Crippen LogP contribution in [0.3, 0.4) is 0 Å². The highest BCUT2D eigenvalue weighted by atomic mass is 16.2. The van der Waals surface area contributed by atoms with Crippen LogP contribution in [0.15, 0.2) is 105 Å². The molecule has 7 heteroatoms. The second kappa shape index (κ2) is 9.09. The first-order valence-electron chi connectivity index (χ1n) is 12.4. The Hall–Kier alpha value is -4.65. The summed E-state index contributed by atoms with van der Waals surface area (Å²) in [7, 11) is 1.63. The zero-order valence-corrected chi connectivity index (χ0v) is 20.4. The second-order valence-corrected chi connectivity index (χ2v) is 9.43. The van der Waals surface area contributed by atoms with Crippen molar-refractivity contribution >= 4 is 16.7 Å². The van der Waals surface area contributed by atoms with Gasteiger partial charge in [0.05, 0.1) is 17.1 Å². The lowest BCUT2D eigenvalue weighted by Crippen LogP contribution is -2.41. The SMILES string of the molecule is Cn1c(=O)c(Cc2ccccc2)c(NC2CC2)c2c(=O)n(-c3ccccc3)c(=O)n(-c3ccccc3)c21. The van der Waals surface area contributed by atoms with E-state index in [0.717, 1.165) is 18.4 Å². The summed E-state index contributed by atoms with van der Waals surface area (Å²) in [5.41, 5.74) is 2.11. The molecule has 3 aromatic carbocycles. The van der Waals surface area contributed by atoms with Gasteiger partial charge in [0.1, 0.15) is 11.0 Å². The van der Waals surface area contributed by atoms with Gasteiger partial charge >= 0.3 is 5.69 Å². The molecule has 1 fully saturated rings. The molecule has 7 nitrogen and oxygen atoms in total. The summed E-state index contributed by atoms with van der Waals surface area (Å²) in [6.45, 7) is 0. The molecule has 2 aromatic heterocycles. The number of aryl methyl sites for hydroxylation is 1. The Labute approximate surface area is 212 Å². The molecular weight excluding hydrogens is 464 g/mol. The molecule has 37 heavy (non-hydrogen) atoms.